The van der Waals surface area contributed by atoms with Crippen molar-refractivity contribution in [3.63, 3.8) is 0 Å². The Hall–Kier alpha value is -4.01. The minimum absolute atomic E-state index is 0.0551. The predicted molar refractivity (Wildman–Crippen MR) is 163 cm³/mol. The monoisotopic (exact) mass is 567 g/mol. The largest absolute Gasteiger partial charge is 0.343 e. The van der Waals surface area contributed by atoms with E-state index < -0.39 is 18.1 Å². The van der Waals surface area contributed by atoms with Gasteiger partial charge in [0.2, 0.25) is 17.7 Å². The average Bonchev–Trinajstić information content (AvgIpc) is 3.42. The molecule has 5 N–H and O–H groups in total. The molecule has 0 spiro atoms. The molecule has 8 nitrogen and oxygen atoms in total. The predicted octanol–water partition coefficient (Wildman–Crippen LogP) is 2.94. The van der Waals surface area contributed by atoms with Gasteiger partial charge >= 0.3 is 0 Å². The molecule has 0 bridgehead atoms. The second-order valence-corrected chi connectivity index (χ2v) is 11.3. The van der Waals surface area contributed by atoms with Crippen LogP contribution in [0.1, 0.15) is 48.4 Å². The first-order valence-corrected chi connectivity index (χ1v) is 14.9. The second kappa shape index (κ2) is 13.8. The number of carbonyl (C=O) groups is 3. The third-order valence-electron chi connectivity index (χ3n) is 8.77. The molecule has 3 aromatic rings. The van der Waals surface area contributed by atoms with Crippen LogP contribution in [0.5, 0.6) is 0 Å². The van der Waals surface area contributed by atoms with Gasteiger partial charge in [0.15, 0.2) is 0 Å². The summed E-state index contributed by atoms with van der Waals surface area (Å²) in [5.74, 6) is -0.849. The van der Waals surface area contributed by atoms with Crippen molar-refractivity contribution < 1.29 is 14.4 Å². The van der Waals surface area contributed by atoms with Gasteiger partial charge in [-0.25, -0.2) is 0 Å². The van der Waals surface area contributed by atoms with Gasteiger partial charge in [-0.1, -0.05) is 91.0 Å². The van der Waals surface area contributed by atoms with Crippen LogP contribution in [-0.2, 0) is 20.8 Å². The Balaban J connectivity index is 1.35. The van der Waals surface area contributed by atoms with Crippen LogP contribution in [0.25, 0.3) is 0 Å². The van der Waals surface area contributed by atoms with Crippen LogP contribution in [0.4, 0.5) is 0 Å². The van der Waals surface area contributed by atoms with Crippen LogP contribution in [0.2, 0.25) is 0 Å². The van der Waals surface area contributed by atoms with Crippen LogP contribution >= 0.6 is 0 Å². The van der Waals surface area contributed by atoms with E-state index >= 15 is 0 Å². The van der Waals surface area contributed by atoms with E-state index in [1.807, 2.05) is 91.0 Å². The zero-order valence-corrected chi connectivity index (χ0v) is 24.1. The van der Waals surface area contributed by atoms with Crippen molar-refractivity contribution in [1.82, 2.24) is 20.9 Å². The van der Waals surface area contributed by atoms with Gasteiger partial charge in [0.05, 0.1) is 12.1 Å². The first kappa shape index (κ1) is 29.5. The van der Waals surface area contributed by atoms with Gasteiger partial charge in [0.25, 0.3) is 0 Å². The van der Waals surface area contributed by atoms with E-state index in [9.17, 15) is 14.4 Å². The molecular weight excluding hydrogens is 526 g/mol. The molecule has 3 amide bonds. The Morgan fingerprint density at radius 2 is 1.43 bits per heavy atom. The van der Waals surface area contributed by atoms with Crippen LogP contribution < -0.4 is 21.7 Å². The maximum absolute atomic E-state index is 14.2. The van der Waals surface area contributed by atoms with E-state index in [4.69, 9.17) is 5.73 Å². The average molecular weight is 568 g/mol. The van der Waals surface area contributed by atoms with Gasteiger partial charge in [-0.2, -0.15) is 0 Å². The highest BCUT2D eigenvalue weighted by Crippen LogP contribution is 2.34. The zero-order valence-electron chi connectivity index (χ0n) is 24.1. The van der Waals surface area contributed by atoms with Gasteiger partial charge < -0.3 is 26.6 Å². The fraction of sp³-hybridized carbons (Fsp3) is 0.382. The molecule has 2 fully saturated rings. The van der Waals surface area contributed by atoms with E-state index in [-0.39, 0.29) is 42.3 Å². The molecule has 220 valence electrons. The first-order chi connectivity index (χ1) is 20.5. The molecule has 3 aromatic carbocycles. The van der Waals surface area contributed by atoms with E-state index in [1.54, 1.807) is 11.9 Å². The number of hydrogen-bond donors (Lipinski definition) is 4. The van der Waals surface area contributed by atoms with Crippen molar-refractivity contribution >= 4 is 17.7 Å². The summed E-state index contributed by atoms with van der Waals surface area (Å²) in [6.07, 6.45) is 3.29. The Morgan fingerprint density at radius 1 is 0.857 bits per heavy atom. The summed E-state index contributed by atoms with van der Waals surface area (Å²) in [5.41, 5.74) is 9.12. The standard InChI is InChI=1S/C34H41N5O3/c1-36-28(21-23-11-5-2-6-12-23)32(40)38-31-26(22-35)17-18-27-19-20-29(39(27)34(31)42)33(41)37-30(24-13-7-3-8-14-24)25-15-9-4-10-16-25/h2-16,26-31,36H,17-22,35H2,1H3,(H,37,41)(H,38,40)/t26-,27+,28-,29+,31+/m1/s1. The van der Waals surface area contributed by atoms with Crippen LogP contribution in [-0.4, -0.2) is 60.4 Å². The molecule has 8 heteroatoms. The Bertz CT molecular complexity index is 1300. The van der Waals surface area contributed by atoms with Gasteiger partial charge in [-0.3, -0.25) is 14.4 Å². The Labute approximate surface area is 248 Å². The van der Waals surface area contributed by atoms with Crippen molar-refractivity contribution in [3.8, 4) is 0 Å². The number of likely N-dealkylation sites (N-methyl/N-ethyl adjacent to an activating group) is 1. The smallest absolute Gasteiger partial charge is 0.246 e. The fourth-order valence-electron chi connectivity index (χ4n) is 6.44. The molecule has 0 saturated carbocycles. The lowest BCUT2D eigenvalue weighted by Gasteiger charge is -2.33. The summed E-state index contributed by atoms with van der Waals surface area (Å²) in [5, 5.41) is 9.38. The molecule has 2 saturated heterocycles. The Kier molecular flexibility index (Phi) is 9.66. The lowest BCUT2D eigenvalue weighted by Crippen LogP contribution is -2.59. The molecule has 0 aliphatic carbocycles. The van der Waals surface area contributed by atoms with E-state index in [1.165, 1.54) is 0 Å². The van der Waals surface area contributed by atoms with Gasteiger partial charge in [-0.05, 0) is 62.4 Å². The summed E-state index contributed by atoms with van der Waals surface area (Å²) in [4.78, 5) is 43.3. The molecule has 2 heterocycles. The topological polar surface area (TPSA) is 117 Å². The molecule has 0 aromatic heterocycles. The van der Waals surface area contributed by atoms with Gasteiger partial charge in [0.1, 0.15) is 12.1 Å². The SMILES string of the molecule is CN[C@H](Cc1ccccc1)C(=O)N[C@@H]1C(=O)N2[C@@H](CC[C@@H]1CN)CC[C@H]2C(=O)NC(c1ccccc1)c1ccccc1. The van der Waals surface area contributed by atoms with E-state index in [0.29, 0.717) is 19.3 Å². The van der Waals surface area contributed by atoms with Gasteiger partial charge in [-0.15, -0.1) is 0 Å². The molecule has 0 unspecified atom stereocenters. The van der Waals surface area contributed by atoms with Crippen LogP contribution in [0.15, 0.2) is 91.0 Å². The summed E-state index contributed by atoms with van der Waals surface area (Å²) in [6.45, 7) is 0.279. The lowest BCUT2D eigenvalue weighted by molar-refractivity contribution is -0.143. The number of hydrogen-bond acceptors (Lipinski definition) is 5. The third-order valence-corrected chi connectivity index (χ3v) is 8.77. The highest BCUT2D eigenvalue weighted by molar-refractivity contribution is 5.94. The van der Waals surface area contributed by atoms with Crippen molar-refractivity contribution in [2.45, 2.75) is 62.3 Å². The summed E-state index contributed by atoms with van der Waals surface area (Å²) in [6, 6.07) is 27.2. The number of fused-ring (bicyclic) bond motifs is 1. The number of amides is 3. The number of benzene rings is 3. The second-order valence-electron chi connectivity index (χ2n) is 11.3. The summed E-state index contributed by atoms with van der Waals surface area (Å²) >= 11 is 0. The Morgan fingerprint density at radius 3 is 2.00 bits per heavy atom. The first-order valence-electron chi connectivity index (χ1n) is 14.9. The van der Waals surface area contributed by atoms with Crippen LogP contribution in [0.3, 0.4) is 0 Å². The maximum Gasteiger partial charge on any atom is 0.246 e. The van der Waals surface area contributed by atoms with Crippen molar-refractivity contribution in [3.05, 3.63) is 108 Å². The highest BCUT2D eigenvalue weighted by atomic mass is 16.2. The zero-order chi connectivity index (χ0) is 29.5. The van der Waals surface area contributed by atoms with Gasteiger partial charge in [0, 0.05) is 12.0 Å². The highest BCUT2D eigenvalue weighted by Gasteiger charge is 2.47. The maximum atomic E-state index is 14.2. The van der Waals surface area contributed by atoms with Crippen molar-refractivity contribution in [2.24, 2.45) is 11.7 Å². The molecular formula is C34H41N5O3. The molecule has 0 radical (unpaired) electrons. The summed E-state index contributed by atoms with van der Waals surface area (Å²) < 4.78 is 0. The molecule has 42 heavy (non-hydrogen) atoms. The van der Waals surface area contributed by atoms with E-state index in [0.717, 1.165) is 29.5 Å². The number of nitrogens with zero attached hydrogens (tertiary/aromatic N) is 1. The minimum Gasteiger partial charge on any atom is -0.343 e. The molecule has 2 aliphatic rings. The normalized spacial score (nSPS) is 22.7. The van der Waals surface area contributed by atoms with Crippen molar-refractivity contribution in [2.75, 3.05) is 13.6 Å². The van der Waals surface area contributed by atoms with Crippen molar-refractivity contribution in [1.29, 1.82) is 0 Å². The number of rotatable bonds is 10. The molecule has 5 rings (SSSR count). The third kappa shape index (κ3) is 6.55. The quantitative estimate of drug-likeness (QED) is 0.301. The molecule has 2 aliphatic heterocycles. The molecule has 5 atom stereocenters. The minimum atomic E-state index is -0.786. The number of nitrogens with two attached hydrogens (primary N) is 1. The summed E-state index contributed by atoms with van der Waals surface area (Å²) in [7, 11) is 1.75. The fourth-order valence-corrected chi connectivity index (χ4v) is 6.44. The number of carbonyl (C=O) groups excluding carboxylic acids is 3. The number of nitrogens with one attached hydrogen (secondary N) is 3. The van der Waals surface area contributed by atoms with E-state index in [2.05, 4.69) is 16.0 Å². The van der Waals surface area contributed by atoms with Crippen LogP contribution in [0, 0.1) is 5.92 Å². The lowest BCUT2D eigenvalue weighted by atomic mass is 9.93.